The van der Waals surface area contributed by atoms with Gasteiger partial charge in [0, 0.05) is 12.1 Å². The molecular weight excluding hydrogens is 208 g/mol. The van der Waals surface area contributed by atoms with E-state index in [2.05, 4.69) is 34.2 Å². The van der Waals surface area contributed by atoms with Gasteiger partial charge in [0.25, 0.3) is 0 Å². The summed E-state index contributed by atoms with van der Waals surface area (Å²) in [7, 11) is 0. The molecule has 15 heavy (non-hydrogen) atoms. The Morgan fingerprint density at radius 1 is 1.20 bits per heavy atom. The minimum atomic E-state index is 0.333. The minimum absolute atomic E-state index is 0.333. The fourth-order valence-electron chi connectivity index (χ4n) is 2.01. The van der Waals surface area contributed by atoms with E-state index in [1.165, 1.54) is 11.1 Å². The van der Waals surface area contributed by atoms with E-state index in [0.717, 1.165) is 12.2 Å². The Kier molecular flexibility index (Phi) is 1.96. The van der Waals surface area contributed by atoms with Crippen molar-refractivity contribution in [1.82, 2.24) is 9.97 Å². The van der Waals surface area contributed by atoms with Crippen LogP contribution in [0, 0.1) is 0 Å². The lowest BCUT2D eigenvalue weighted by atomic mass is 9.77. The maximum atomic E-state index is 5.85. The standard InChI is InChI=1S/C12H9ClN2/c13-11-5-6-14-12(15-11)10-7-8-3-1-2-4-9(8)10/h1-6,10H,7H2. The topological polar surface area (TPSA) is 25.8 Å². The van der Waals surface area contributed by atoms with Crippen molar-refractivity contribution in [2.24, 2.45) is 0 Å². The summed E-state index contributed by atoms with van der Waals surface area (Å²) in [5.74, 6) is 1.17. The van der Waals surface area contributed by atoms with Gasteiger partial charge in [-0.15, -0.1) is 0 Å². The highest BCUT2D eigenvalue weighted by Gasteiger charge is 2.29. The fourth-order valence-corrected chi connectivity index (χ4v) is 2.15. The van der Waals surface area contributed by atoms with Crippen molar-refractivity contribution in [2.45, 2.75) is 12.3 Å². The zero-order valence-electron chi connectivity index (χ0n) is 8.02. The van der Waals surface area contributed by atoms with Crippen LogP contribution in [0.1, 0.15) is 22.9 Å². The Bertz CT molecular complexity index is 510. The number of halogens is 1. The smallest absolute Gasteiger partial charge is 0.137 e. The van der Waals surface area contributed by atoms with Crippen LogP contribution >= 0.6 is 11.6 Å². The van der Waals surface area contributed by atoms with Crippen LogP contribution in [0.25, 0.3) is 0 Å². The second kappa shape index (κ2) is 3.31. The third-order valence-electron chi connectivity index (χ3n) is 2.81. The maximum absolute atomic E-state index is 5.85. The van der Waals surface area contributed by atoms with Crippen molar-refractivity contribution in [2.75, 3.05) is 0 Å². The van der Waals surface area contributed by atoms with Gasteiger partial charge in [-0.1, -0.05) is 35.9 Å². The normalized spacial score (nSPS) is 18.1. The van der Waals surface area contributed by atoms with Gasteiger partial charge in [-0.05, 0) is 23.6 Å². The Morgan fingerprint density at radius 3 is 2.87 bits per heavy atom. The molecule has 3 rings (SSSR count). The van der Waals surface area contributed by atoms with Gasteiger partial charge in [0.15, 0.2) is 0 Å². The van der Waals surface area contributed by atoms with Crippen LogP contribution in [-0.4, -0.2) is 9.97 Å². The van der Waals surface area contributed by atoms with E-state index in [1.54, 1.807) is 12.3 Å². The van der Waals surface area contributed by atoms with Gasteiger partial charge in [0.1, 0.15) is 11.0 Å². The van der Waals surface area contributed by atoms with E-state index < -0.39 is 0 Å². The number of aromatic nitrogens is 2. The minimum Gasteiger partial charge on any atom is -0.241 e. The van der Waals surface area contributed by atoms with Crippen LogP contribution in [0.15, 0.2) is 36.5 Å². The first kappa shape index (κ1) is 8.86. The highest BCUT2D eigenvalue weighted by atomic mass is 35.5. The van der Waals surface area contributed by atoms with Crippen LogP contribution in [0.5, 0.6) is 0 Å². The van der Waals surface area contributed by atoms with E-state index in [0.29, 0.717) is 11.1 Å². The predicted molar refractivity (Wildman–Crippen MR) is 59.0 cm³/mol. The lowest BCUT2D eigenvalue weighted by molar-refractivity contribution is 0.659. The van der Waals surface area contributed by atoms with Crippen LogP contribution < -0.4 is 0 Å². The quantitative estimate of drug-likeness (QED) is 0.685. The number of benzene rings is 1. The van der Waals surface area contributed by atoms with E-state index in [-0.39, 0.29) is 0 Å². The number of nitrogens with zero attached hydrogens (tertiary/aromatic N) is 2. The summed E-state index contributed by atoms with van der Waals surface area (Å²) in [6.07, 6.45) is 2.74. The molecule has 0 radical (unpaired) electrons. The molecule has 1 aliphatic rings. The van der Waals surface area contributed by atoms with Gasteiger partial charge in [-0.25, -0.2) is 9.97 Å². The number of rotatable bonds is 1. The Hall–Kier alpha value is -1.41. The third-order valence-corrected chi connectivity index (χ3v) is 3.02. The number of hydrogen-bond acceptors (Lipinski definition) is 2. The van der Waals surface area contributed by atoms with Gasteiger partial charge in [-0.3, -0.25) is 0 Å². The van der Waals surface area contributed by atoms with Gasteiger partial charge < -0.3 is 0 Å². The molecule has 1 unspecified atom stereocenters. The SMILES string of the molecule is Clc1ccnc(C2Cc3ccccc32)n1. The van der Waals surface area contributed by atoms with Crippen LogP contribution in [0.2, 0.25) is 5.15 Å². The van der Waals surface area contributed by atoms with Crippen molar-refractivity contribution >= 4 is 11.6 Å². The van der Waals surface area contributed by atoms with E-state index in [9.17, 15) is 0 Å². The molecule has 1 atom stereocenters. The number of fused-ring (bicyclic) bond motifs is 1. The van der Waals surface area contributed by atoms with Crippen molar-refractivity contribution in [3.8, 4) is 0 Å². The van der Waals surface area contributed by atoms with Crippen molar-refractivity contribution in [3.05, 3.63) is 58.6 Å². The second-order valence-corrected chi connectivity index (χ2v) is 4.08. The zero-order valence-corrected chi connectivity index (χ0v) is 8.78. The molecule has 1 heterocycles. The molecule has 0 N–H and O–H groups in total. The molecule has 0 saturated heterocycles. The molecule has 1 aliphatic carbocycles. The molecule has 0 spiro atoms. The first-order chi connectivity index (χ1) is 7.34. The van der Waals surface area contributed by atoms with E-state index in [4.69, 9.17) is 11.6 Å². The molecule has 0 bridgehead atoms. The molecule has 0 saturated carbocycles. The van der Waals surface area contributed by atoms with Crippen LogP contribution in [0.4, 0.5) is 0 Å². The summed E-state index contributed by atoms with van der Waals surface area (Å²) in [6, 6.07) is 10.1. The Morgan fingerprint density at radius 2 is 2.07 bits per heavy atom. The highest BCUT2D eigenvalue weighted by molar-refractivity contribution is 6.29. The summed E-state index contributed by atoms with van der Waals surface area (Å²) >= 11 is 5.85. The molecule has 1 aromatic heterocycles. The molecule has 3 heteroatoms. The first-order valence-corrected chi connectivity index (χ1v) is 5.28. The monoisotopic (exact) mass is 216 g/mol. The van der Waals surface area contributed by atoms with Crippen LogP contribution in [0.3, 0.4) is 0 Å². The summed E-state index contributed by atoms with van der Waals surface area (Å²) in [5, 5.41) is 0.518. The second-order valence-electron chi connectivity index (χ2n) is 3.69. The molecule has 74 valence electrons. The average Bonchev–Trinajstić information content (AvgIpc) is 2.20. The van der Waals surface area contributed by atoms with Gasteiger partial charge in [0.05, 0.1) is 0 Å². The predicted octanol–water partition coefficient (Wildman–Crippen LogP) is 2.82. The fraction of sp³-hybridized carbons (Fsp3) is 0.167. The maximum Gasteiger partial charge on any atom is 0.137 e. The summed E-state index contributed by atoms with van der Waals surface area (Å²) < 4.78 is 0. The van der Waals surface area contributed by atoms with Gasteiger partial charge in [-0.2, -0.15) is 0 Å². The Balaban J connectivity index is 2.00. The number of hydrogen-bond donors (Lipinski definition) is 0. The zero-order chi connectivity index (χ0) is 10.3. The molecule has 0 aliphatic heterocycles. The average molecular weight is 217 g/mol. The summed E-state index contributed by atoms with van der Waals surface area (Å²) in [6.45, 7) is 0. The molecule has 0 fully saturated rings. The molecule has 2 nitrogen and oxygen atoms in total. The Labute approximate surface area is 93.0 Å². The third kappa shape index (κ3) is 1.41. The van der Waals surface area contributed by atoms with Crippen molar-refractivity contribution in [1.29, 1.82) is 0 Å². The van der Waals surface area contributed by atoms with Gasteiger partial charge in [0.2, 0.25) is 0 Å². The lowest BCUT2D eigenvalue weighted by Gasteiger charge is -2.28. The molecular formula is C12H9ClN2. The van der Waals surface area contributed by atoms with Crippen molar-refractivity contribution < 1.29 is 0 Å². The van der Waals surface area contributed by atoms with Gasteiger partial charge >= 0.3 is 0 Å². The first-order valence-electron chi connectivity index (χ1n) is 4.91. The van der Waals surface area contributed by atoms with Crippen molar-refractivity contribution in [3.63, 3.8) is 0 Å². The summed E-state index contributed by atoms with van der Waals surface area (Å²) in [5.41, 5.74) is 2.73. The molecule has 0 amide bonds. The lowest BCUT2D eigenvalue weighted by Crippen LogP contribution is -2.20. The highest BCUT2D eigenvalue weighted by Crippen LogP contribution is 2.38. The molecule has 2 aromatic rings. The van der Waals surface area contributed by atoms with E-state index in [1.807, 2.05) is 0 Å². The van der Waals surface area contributed by atoms with Crippen LogP contribution in [-0.2, 0) is 6.42 Å². The molecule has 1 aromatic carbocycles. The largest absolute Gasteiger partial charge is 0.241 e. The van der Waals surface area contributed by atoms with E-state index >= 15 is 0 Å². The summed E-state index contributed by atoms with van der Waals surface area (Å²) in [4.78, 5) is 8.51.